The molecule has 0 saturated heterocycles. The Bertz CT molecular complexity index is 777. The summed E-state index contributed by atoms with van der Waals surface area (Å²) in [5, 5.41) is 10.5. The molecule has 0 spiro atoms. The van der Waals surface area contributed by atoms with E-state index in [0.29, 0.717) is 6.42 Å². The first-order chi connectivity index (χ1) is 13.5. The van der Waals surface area contributed by atoms with E-state index in [0.717, 1.165) is 29.7 Å². The molecule has 1 N–H and O–H groups in total. The minimum absolute atomic E-state index is 0.0617. The van der Waals surface area contributed by atoms with Crippen LogP contribution in [-0.4, -0.2) is 27.6 Å². The first kappa shape index (κ1) is 21.6. The Labute approximate surface area is 166 Å². The summed E-state index contributed by atoms with van der Waals surface area (Å²) in [6.07, 6.45) is 9.17. The number of nitrogens with zero attached hydrogens (tertiary/aromatic N) is 1. The quantitative estimate of drug-likeness (QED) is 0.459. The van der Waals surface area contributed by atoms with Gasteiger partial charge in [0.25, 0.3) is 5.91 Å². The van der Waals surface area contributed by atoms with Crippen molar-refractivity contribution in [3.8, 4) is 0 Å². The second-order valence-corrected chi connectivity index (χ2v) is 7.12. The molecule has 5 heteroatoms. The molecule has 1 aromatic carbocycles. The van der Waals surface area contributed by atoms with Crippen molar-refractivity contribution in [3.63, 3.8) is 0 Å². The number of amides is 2. The van der Waals surface area contributed by atoms with E-state index in [-0.39, 0.29) is 17.7 Å². The number of imide groups is 1. The van der Waals surface area contributed by atoms with Gasteiger partial charge in [0.05, 0.1) is 5.70 Å². The van der Waals surface area contributed by atoms with Crippen molar-refractivity contribution >= 4 is 23.7 Å². The Balaban J connectivity index is 2.09. The van der Waals surface area contributed by atoms with Gasteiger partial charge in [-0.1, -0.05) is 75.8 Å². The summed E-state index contributed by atoms with van der Waals surface area (Å²) in [5.74, 6) is -2.08. The van der Waals surface area contributed by atoms with Crippen LogP contribution in [0.4, 0.5) is 0 Å². The molecule has 1 heterocycles. The smallest absolute Gasteiger partial charge is 0.272 e. The number of carbonyl (C=O) groups excluding carboxylic acids is 3. The molecule has 0 atom stereocenters. The number of ketones is 1. The van der Waals surface area contributed by atoms with Crippen LogP contribution in [0, 0.1) is 0 Å². The largest absolute Gasteiger partial charge is 0.505 e. The van der Waals surface area contributed by atoms with Gasteiger partial charge in [0.2, 0.25) is 5.91 Å². The number of carbonyl (C=O) groups is 3. The van der Waals surface area contributed by atoms with E-state index >= 15 is 0 Å². The van der Waals surface area contributed by atoms with Gasteiger partial charge in [0.1, 0.15) is 5.57 Å². The maximum Gasteiger partial charge on any atom is 0.272 e. The lowest BCUT2D eigenvalue weighted by Crippen LogP contribution is -2.31. The lowest BCUT2D eigenvalue weighted by molar-refractivity contribution is -0.138. The molecular formula is C23H29NO4. The summed E-state index contributed by atoms with van der Waals surface area (Å²) in [5.41, 5.74) is 0.513. The van der Waals surface area contributed by atoms with Crippen LogP contribution >= 0.6 is 0 Å². The van der Waals surface area contributed by atoms with Crippen molar-refractivity contribution in [1.82, 2.24) is 4.90 Å². The van der Waals surface area contributed by atoms with Crippen molar-refractivity contribution in [1.29, 1.82) is 0 Å². The van der Waals surface area contributed by atoms with Crippen LogP contribution in [0.5, 0.6) is 0 Å². The van der Waals surface area contributed by atoms with E-state index in [9.17, 15) is 19.5 Å². The van der Waals surface area contributed by atoms with Gasteiger partial charge in [-0.2, -0.15) is 0 Å². The number of benzene rings is 1. The van der Waals surface area contributed by atoms with Crippen molar-refractivity contribution in [2.75, 3.05) is 0 Å². The van der Waals surface area contributed by atoms with Crippen LogP contribution in [0.25, 0.3) is 6.08 Å². The average Bonchev–Trinajstić information content (AvgIpc) is 2.91. The van der Waals surface area contributed by atoms with E-state index in [4.69, 9.17) is 0 Å². The Morgan fingerprint density at radius 3 is 2.21 bits per heavy atom. The highest BCUT2D eigenvalue weighted by Gasteiger charge is 2.40. The van der Waals surface area contributed by atoms with Gasteiger partial charge in [0.15, 0.2) is 11.5 Å². The van der Waals surface area contributed by atoms with Gasteiger partial charge in [-0.15, -0.1) is 0 Å². The van der Waals surface area contributed by atoms with Crippen LogP contribution in [0.1, 0.15) is 70.8 Å². The molecule has 0 aliphatic carbocycles. The van der Waals surface area contributed by atoms with E-state index in [2.05, 4.69) is 6.92 Å². The molecule has 5 nitrogen and oxygen atoms in total. The molecule has 0 radical (unpaired) electrons. The van der Waals surface area contributed by atoms with Crippen LogP contribution in [0.15, 0.2) is 47.4 Å². The number of rotatable bonds is 10. The lowest BCUT2D eigenvalue weighted by Gasteiger charge is -2.14. The van der Waals surface area contributed by atoms with E-state index in [1.165, 1.54) is 26.2 Å². The minimum atomic E-state index is -0.736. The van der Waals surface area contributed by atoms with Gasteiger partial charge in [-0.3, -0.25) is 14.4 Å². The number of aliphatic hydroxyl groups excluding tert-OH is 1. The molecule has 150 valence electrons. The van der Waals surface area contributed by atoms with Gasteiger partial charge in [0, 0.05) is 13.3 Å². The summed E-state index contributed by atoms with van der Waals surface area (Å²) in [4.78, 5) is 38.0. The fraction of sp³-hybridized carbons (Fsp3) is 0.435. The van der Waals surface area contributed by atoms with Crippen molar-refractivity contribution in [3.05, 3.63) is 52.9 Å². The van der Waals surface area contributed by atoms with Crippen molar-refractivity contribution < 1.29 is 19.5 Å². The molecule has 2 rings (SSSR count). The fourth-order valence-corrected chi connectivity index (χ4v) is 3.33. The number of aliphatic hydroxyl groups is 1. The highest BCUT2D eigenvalue weighted by Crippen LogP contribution is 2.31. The predicted molar refractivity (Wildman–Crippen MR) is 109 cm³/mol. The number of hydrogen-bond acceptors (Lipinski definition) is 4. The maximum atomic E-state index is 12.6. The zero-order chi connectivity index (χ0) is 20.5. The zero-order valence-electron chi connectivity index (χ0n) is 16.7. The molecule has 1 aliphatic heterocycles. The van der Waals surface area contributed by atoms with Gasteiger partial charge in [-0.05, 0) is 18.1 Å². The van der Waals surface area contributed by atoms with Gasteiger partial charge >= 0.3 is 0 Å². The summed E-state index contributed by atoms with van der Waals surface area (Å²) in [6, 6.07) is 9.06. The van der Waals surface area contributed by atoms with Gasteiger partial charge in [-0.25, -0.2) is 4.90 Å². The molecule has 0 aromatic heterocycles. The lowest BCUT2D eigenvalue weighted by atomic mass is 10.0. The number of hydrogen-bond donors (Lipinski definition) is 1. The molecule has 2 amide bonds. The van der Waals surface area contributed by atoms with E-state index in [1.54, 1.807) is 18.2 Å². The van der Waals surface area contributed by atoms with E-state index in [1.807, 2.05) is 18.2 Å². The number of unbranched alkanes of at least 4 members (excludes halogenated alkanes) is 6. The molecule has 0 saturated carbocycles. The second kappa shape index (κ2) is 10.6. The Kier molecular flexibility index (Phi) is 8.18. The minimum Gasteiger partial charge on any atom is -0.505 e. The molecular weight excluding hydrogens is 354 g/mol. The van der Waals surface area contributed by atoms with Crippen LogP contribution in [-0.2, 0) is 14.4 Å². The topological polar surface area (TPSA) is 74.7 Å². The SMILES string of the molecule is CCCCCCCCCC(=O)C1=C(O)/C(=C/c2ccccc2)N(C(C)=O)C1=O. The fourth-order valence-electron chi connectivity index (χ4n) is 3.33. The van der Waals surface area contributed by atoms with Crippen LogP contribution in [0.3, 0.4) is 0 Å². The standard InChI is InChI=1S/C23H29NO4/c1-3-4-5-6-7-8-12-15-20(26)21-22(27)19(24(17(2)25)23(21)28)16-18-13-10-9-11-14-18/h9-11,13-14,16,27H,3-8,12,15H2,1-2H3/b19-16-. The van der Waals surface area contributed by atoms with Crippen LogP contribution in [0.2, 0.25) is 0 Å². The maximum absolute atomic E-state index is 12.6. The Morgan fingerprint density at radius 1 is 1.00 bits per heavy atom. The monoisotopic (exact) mass is 383 g/mol. The zero-order valence-corrected chi connectivity index (χ0v) is 16.7. The predicted octanol–water partition coefficient (Wildman–Crippen LogP) is 4.94. The van der Waals surface area contributed by atoms with E-state index < -0.39 is 23.4 Å². The third-order valence-electron chi connectivity index (χ3n) is 4.84. The van der Waals surface area contributed by atoms with Gasteiger partial charge < -0.3 is 5.11 Å². The molecule has 0 unspecified atom stereocenters. The first-order valence-corrected chi connectivity index (χ1v) is 10.1. The Morgan fingerprint density at radius 2 is 1.61 bits per heavy atom. The summed E-state index contributed by atoms with van der Waals surface area (Å²) < 4.78 is 0. The molecule has 0 bridgehead atoms. The first-order valence-electron chi connectivity index (χ1n) is 10.1. The van der Waals surface area contributed by atoms with Crippen molar-refractivity contribution in [2.45, 2.75) is 65.2 Å². The molecule has 28 heavy (non-hydrogen) atoms. The summed E-state index contributed by atoms with van der Waals surface area (Å²) in [6.45, 7) is 3.41. The molecule has 0 fully saturated rings. The number of Topliss-reactive ketones (excluding diaryl/α,β-unsaturated/α-hetero) is 1. The second-order valence-electron chi connectivity index (χ2n) is 7.12. The summed E-state index contributed by atoms with van der Waals surface area (Å²) in [7, 11) is 0. The third-order valence-corrected chi connectivity index (χ3v) is 4.84. The summed E-state index contributed by atoms with van der Waals surface area (Å²) >= 11 is 0. The molecule has 1 aromatic rings. The van der Waals surface area contributed by atoms with Crippen LogP contribution < -0.4 is 0 Å². The Hall–Kier alpha value is -2.69. The molecule has 1 aliphatic rings. The highest BCUT2D eigenvalue weighted by molar-refractivity contribution is 6.26. The average molecular weight is 383 g/mol. The normalized spacial score (nSPS) is 15.6. The highest BCUT2D eigenvalue weighted by atomic mass is 16.3. The third kappa shape index (κ3) is 5.41. The van der Waals surface area contributed by atoms with Crippen molar-refractivity contribution in [2.24, 2.45) is 0 Å².